The summed E-state index contributed by atoms with van der Waals surface area (Å²) >= 11 is 1.67. The van der Waals surface area contributed by atoms with Crippen molar-refractivity contribution < 1.29 is 9.53 Å². The molecule has 2 unspecified atom stereocenters. The molecule has 1 aliphatic rings. The van der Waals surface area contributed by atoms with E-state index in [1.165, 1.54) is 5.56 Å². The molecule has 2 atom stereocenters. The first kappa shape index (κ1) is 17.6. The number of aromatic nitrogens is 2. The number of amides is 1. The second kappa shape index (κ2) is 7.85. The Morgan fingerprint density at radius 1 is 1.15 bits per heavy atom. The molecule has 7 heteroatoms. The first-order valence-corrected chi connectivity index (χ1v) is 9.76. The van der Waals surface area contributed by atoms with Crippen LogP contribution >= 0.6 is 11.3 Å². The average Bonchev–Trinajstić information content (AvgIpc) is 3.23. The molecule has 0 bridgehead atoms. The van der Waals surface area contributed by atoms with Gasteiger partial charge in [-0.15, -0.1) is 10.2 Å². The predicted molar refractivity (Wildman–Crippen MR) is 106 cm³/mol. The molecule has 0 spiro atoms. The summed E-state index contributed by atoms with van der Waals surface area (Å²) in [5, 5.41) is 15.4. The van der Waals surface area contributed by atoms with E-state index in [0.717, 1.165) is 18.1 Å². The van der Waals surface area contributed by atoms with Crippen LogP contribution in [0.25, 0.3) is 0 Å². The van der Waals surface area contributed by atoms with Gasteiger partial charge in [0.2, 0.25) is 0 Å². The number of hydrogen-bond donors (Lipinski definition) is 1. The molecule has 3 aromatic rings. The third-order valence-electron chi connectivity index (χ3n) is 4.41. The molecular weight excluding hydrogens is 360 g/mol. The molecule has 6 nitrogen and oxygen atoms in total. The first-order chi connectivity index (χ1) is 13.2. The average molecular weight is 380 g/mol. The minimum atomic E-state index is -0.272. The molecule has 0 radical (unpaired) electrons. The Morgan fingerprint density at radius 2 is 2.00 bits per heavy atom. The topological polar surface area (TPSA) is 67.4 Å². The summed E-state index contributed by atoms with van der Waals surface area (Å²) in [5.41, 5.74) is 2.20. The van der Waals surface area contributed by atoms with Crippen molar-refractivity contribution in [1.29, 1.82) is 0 Å². The van der Waals surface area contributed by atoms with E-state index in [1.807, 2.05) is 36.4 Å². The van der Waals surface area contributed by atoms with Crippen LogP contribution in [-0.4, -0.2) is 35.3 Å². The van der Waals surface area contributed by atoms with Gasteiger partial charge in [0, 0.05) is 18.8 Å². The van der Waals surface area contributed by atoms with Crippen LogP contribution in [0.2, 0.25) is 0 Å². The number of benzene rings is 1. The van der Waals surface area contributed by atoms with Gasteiger partial charge in [-0.25, -0.2) is 0 Å². The molecule has 1 N–H and O–H groups in total. The lowest BCUT2D eigenvalue weighted by molar-refractivity contribution is -0.0174. The van der Waals surface area contributed by atoms with E-state index < -0.39 is 0 Å². The van der Waals surface area contributed by atoms with Crippen molar-refractivity contribution in [2.75, 3.05) is 23.3 Å². The van der Waals surface area contributed by atoms with Gasteiger partial charge in [0.25, 0.3) is 5.91 Å². The van der Waals surface area contributed by atoms with Crippen molar-refractivity contribution in [3.63, 3.8) is 0 Å². The number of nitrogens with zero attached hydrogens (tertiary/aromatic N) is 3. The Kier molecular flexibility index (Phi) is 5.13. The number of hydrogen-bond acceptors (Lipinski definition) is 6. The molecular formula is C20H20N4O2S. The van der Waals surface area contributed by atoms with E-state index in [1.54, 1.807) is 17.4 Å². The largest absolute Gasteiger partial charge is 0.367 e. The van der Waals surface area contributed by atoms with Crippen molar-refractivity contribution in [2.45, 2.75) is 19.1 Å². The lowest BCUT2D eigenvalue weighted by Crippen LogP contribution is -2.43. The molecule has 0 saturated carbocycles. The minimum Gasteiger partial charge on any atom is -0.367 e. The molecule has 4 rings (SSSR count). The van der Waals surface area contributed by atoms with E-state index in [0.29, 0.717) is 12.2 Å². The second-order valence-corrected chi connectivity index (χ2v) is 7.27. The first-order valence-electron chi connectivity index (χ1n) is 8.81. The van der Waals surface area contributed by atoms with Crippen molar-refractivity contribution >= 4 is 28.7 Å². The summed E-state index contributed by atoms with van der Waals surface area (Å²) in [5.74, 6) is 0.480. The van der Waals surface area contributed by atoms with Gasteiger partial charge in [0.05, 0.1) is 6.10 Å². The summed E-state index contributed by atoms with van der Waals surface area (Å²) in [4.78, 5) is 14.5. The van der Waals surface area contributed by atoms with Gasteiger partial charge < -0.3 is 15.0 Å². The number of para-hydroxylation sites is 1. The lowest BCUT2D eigenvalue weighted by atomic mass is 10.1. The summed E-state index contributed by atoms with van der Waals surface area (Å²) in [6.45, 7) is 3.51. The molecule has 1 amide bonds. The van der Waals surface area contributed by atoms with Crippen molar-refractivity contribution in [3.05, 3.63) is 70.5 Å². The number of morpholine rings is 1. The molecule has 1 fully saturated rings. The Bertz CT molecular complexity index is 884. The van der Waals surface area contributed by atoms with E-state index in [2.05, 4.69) is 44.2 Å². The summed E-state index contributed by atoms with van der Waals surface area (Å²) in [6, 6.07) is 14.9. The Labute approximate surface area is 161 Å². The maximum absolute atomic E-state index is 12.3. The molecule has 1 saturated heterocycles. The van der Waals surface area contributed by atoms with Gasteiger partial charge in [0.1, 0.15) is 6.10 Å². The fourth-order valence-electron chi connectivity index (χ4n) is 3.11. The lowest BCUT2D eigenvalue weighted by Gasteiger charge is -2.37. The van der Waals surface area contributed by atoms with Crippen LogP contribution in [0, 0.1) is 0 Å². The van der Waals surface area contributed by atoms with Crippen LogP contribution < -0.4 is 10.2 Å². The highest BCUT2D eigenvalue weighted by atomic mass is 32.1. The third-order valence-corrected chi connectivity index (χ3v) is 5.12. The zero-order valence-corrected chi connectivity index (χ0v) is 15.7. The van der Waals surface area contributed by atoms with Crippen molar-refractivity contribution in [1.82, 2.24) is 10.2 Å². The van der Waals surface area contributed by atoms with Gasteiger partial charge in [-0.1, -0.05) is 18.2 Å². The number of carbonyl (C=O) groups is 1. The van der Waals surface area contributed by atoms with Gasteiger partial charge >= 0.3 is 0 Å². The van der Waals surface area contributed by atoms with E-state index in [4.69, 9.17) is 4.74 Å². The quantitative estimate of drug-likeness (QED) is 0.746. The van der Waals surface area contributed by atoms with E-state index in [9.17, 15) is 4.79 Å². The normalized spacial score (nSPS) is 19.7. The molecule has 27 heavy (non-hydrogen) atoms. The standard InChI is InChI=1S/C20H20N4O2S/c1-14-11-24(12-18(26-14)15-9-10-27-13-15)19-8-7-17(22-23-19)20(25)21-16-5-3-2-4-6-16/h2-10,13-14,18H,11-12H2,1H3,(H,21,25). The maximum Gasteiger partial charge on any atom is 0.276 e. The molecule has 1 aromatic carbocycles. The van der Waals surface area contributed by atoms with Gasteiger partial charge in [0.15, 0.2) is 11.5 Å². The summed E-state index contributed by atoms with van der Waals surface area (Å²) in [7, 11) is 0. The SMILES string of the molecule is CC1CN(c2ccc(C(=O)Nc3ccccc3)nn2)CC(c2ccsc2)O1. The molecule has 3 heterocycles. The number of anilines is 2. The van der Waals surface area contributed by atoms with Crippen LogP contribution in [-0.2, 0) is 4.74 Å². The zero-order valence-electron chi connectivity index (χ0n) is 14.9. The fraction of sp³-hybridized carbons (Fsp3) is 0.250. The summed E-state index contributed by atoms with van der Waals surface area (Å²) in [6.07, 6.45) is 0.106. The van der Waals surface area contributed by atoms with Gasteiger partial charge in [-0.3, -0.25) is 4.79 Å². The Balaban J connectivity index is 1.46. The number of ether oxygens (including phenoxy) is 1. The van der Waals surface area contributed by atoms with Gasteiger partial charge in [-0.05, 0) is 53.6 Å². The van der Waals surface area contributed by atoms with Gasteiger partial charge in [-0.2, -0.15) is 11.3 Å². The zero-order chi connectivity index (χ0) is 18.6. The van der Waals surface area contributed by atoms with Crippen LogP contribution in [0.3, 0.4) is 0 Å². The second-order valence-electron chi connectivity index (χ2n) is 6.49. The van der Waals surface area contributed by atoms with Crippen LogP contribution in [0.4, 0.5) is 11.5 Å². The maximum atomic E-state index is 12.3. The molecule has 0 aliphatic carbocycles. The number of carbonyl (C=O) groups excluding carboxylic acids is 1. The van der Waals surface area contributed by atoms with Crippen LogP contribution in [0.15, 0.2) is 59.3 Å². The molecule has 1 aliphatic heterocycles. The third kappa shape index (κ3) is 4.15. The number of nitrogens with one attached hydrogen (secondary N) is 1. The van der Waals surface area contributed by atoms with Crippen LogP contribution in [0.1, 0.15) is 29.1 Å². The Hall–Kier alpha value is -2.77. The van der Waals surface area contributed by atoms with Crippen LogP contribution in [0.5, 0.6) is 0 Å². The highest BCUT2D eigenvalue weighted by Crippen LogP contribution is 2.28. The van der Waals surface area contributed by atoms with Crippen molar-refractivity contribution in [3.8, 4) is 0 Å². The number of rotatable bonds is 4. The molecule has 138 valence electrons. The monoisotopic (exact) mass is 380 g/mol. The molecule has 2 aromatic heterocycles. The predicted octanol–water partition coefficient (Wildman–Crippen LogP) is 3.76. The minimum absolute atomic E-state index is 0.0165. The smallest absolute Gasteiger partial charge is 0.276 e. The van der Waals surface area contributed by atoms with E-state index >= 15 is 0 Å². The Morgan fingerprint density at radius 3 is 2.70 bits per heavy atom. The highest BCUT2D eigenvalue weighted by Gasteiger charge is 2.27. The summed E-state index contributed by atoms with van der Waals surface area (Å²) < 4.78 is 6.06. The highest BCUT2D eigenvalue weighted by molar-refractivity contribution is 7.07. The van der Waals surface area contributed by atoms with Crippen molar-refractivity contribution in [2.24, 2.45) is 0 Å². The fourth-order valence-corrected chi connectivity index (χ4v) is 3.81. The number of thiophene rings is 1. The van der Waals surface area contributed by atoms with E-state index in [-0.39, 0.29) is 18.1 Å².